The van der Waals surface area contributed by atoms with Gasteiger partial charge in [0.25, 0.3) is 0 Å². The molecule has 0 saturated carbocycles. The van der Waals surface area contributed by atoms with Crippen molar-refractivity contribution in [3.05, 3.63) is 54.7 Å². The van der Waals surface area contributed by atoms with Gasteiger partial charge in [-0.25, -0.2) is 4.98 Å². The summed E-state index contributed by atoms with van der Waals surface area (Å²) in [4.78, 5) is 8.98. The van der Waals surface area contributed by atoms with Gasteiger partial charge in [-0.3, -0.25) is 4.98 Å². The Balaban J connectivity index is 1.60. The van der Waals surface area contributed by atoms with Gasteiger partial charge in [-0.05, 0) is 36.8 Å². The van der Waals surface area contributed by atoms with Crippen LogP contribution in [0, 0.1) is 0 Å². The monoisotopic (exact) mass is 379 g/mol. The molecule has 0 saturated heterocycles. The Kier molecular flexibility index (Phi) is 5.18. The molecule has 4 rings (SSSR count). The summed E-state index contributed by atoms with van der Waals surface area (Å²) in [6.07, 6.45) is 3.69. The lowest BCUT2D eigenvalue weighted by Gasteiger charge is -2.13. The van der Waals surface area contributed by atoms with E-state index in [9.17, 15) is 5.11 Å². The van der Waals surface area contributed by atoms with Crippen molar-refractivity contribution >= 4 is 37.6 Å². The first kappa shape index (κ1) is 17.7. The Bertz CT molecular complexity index is 1060. The highest BCUT2D eigenvalue weighted by molar-refractivity contribution is 7.22. The third-order valence-corrected chi connectivity index (χ3v) is 5.33. The zero-order valence-corrected chi connectivity index (χ0v) is 15.9. The molecule has 4 aromatic rings. The molecule has 1 unspecified atom stereocenters. The second-order valence-corrected chi connectivity index (χ2v) is 7.42. The summed E-state index contributed by atoms with van der Waals surface area (Å²) in [5.41, 5.74) is 1.83. The van der Waals surface area contributed by atoms with E-state index in [4.69, 9.17) is 4.74 Å². The minimum absolute atomic E-state index is 0.0365. The molecule has 1 atom stereocenters. The fourth-order valence-corrected chi connectivity index (χ4v) is 4.02. The number of fused-ring (bicyclic) bond motifs is 2. The molecular formula is C21H21N3O2S. The molecule has 0 aliphatic rings. The lowest BCUT2D eigenvalue weighted by Crippen LogP contribution is -2.23. The number of thiazole rings is 1. The number of para-hydroxylation sites is 1. The molecule has 2 aromatic heterocycles. The van der Waals surface area contributed by atoms with E-state index >= 15 is 0 Å². The van der Waals surface area contributed by atoms with Crippen LogP contribution in [0.5, 0.6) is 11.5 Å². The average molecular weight is 379 g/mol. The van der Waals surface area contributed by atoms with Crippen molar-refractivity contribution < 1.29 is 9.84 Å². The van der Waals surface area contributed by atoms with E-state index in [0.29, 0.717) is 0 Å². The van der Waals surface area contributed by atoms with Gasteiger partial charge in [-0.2, -0.15) is 0 Å². The number of aromatic nitrogens is 2. The summed E-state index contributed by atoms with van der Waals surface area (Å²) >= 11 is 1.57. The predicted molar refractivity (Wildman–Crippen MR) is 111 cm³/mol. The highest BCUT2D eigenvalue weighted by Gasteiger charge is 2.11. The molecule has 6 heteroatoms. The van der Waals surface area contributed by atoms with Gasteiger partial charge in [0.1, 0.15) is 11.5 Å². The number of anilines is 1. The predicted octanol–water partition coefficient (Wildman–Crippen LogP) is 5.21. The summed E-state index contributed by atoms with van der Waals surface area (Å²) in [6.45, 7) is 2.21. The highest BCUT2D eigenvalue weighted by Crippen LogP contribution is 2.33. The smallest absolute Gasteiger partial charge is 0.184 e. The number of rotatable bonds is 7. The van der Waals surface area contributed by atoms with Gasteiger partial charge < -0.3 is 15.2 Å². The normalized spacial score (nSPS) is 12.4. The molecule has 27 heavy (non-hydrogen) atoms. The van der Waals surface area contributed by atoms with Crippen LogP contribution in [0.15, 0.2) is 54.7 Å². The van der Waals surface area contributed by atoms with E-state index in [1.54, 1.807) is 17.5 Å². The molecule has 2 N–H and O–H groups in total. The zero-order valence-electron chi connectivity index (χ0n) is 15.1. The SMILES string of the molecule is CCCC(CO)Nc1nc2ccc(Oc3ccnc4ccccc34)cc2s1. The first-order valence-electron chi connectivity index (χ1n) is 9.06. The first-order valence-corrected chi connectivity index (χ1v) is 9.88. The molecule has 138 valence electrons. The number of nitrogens with one attached hydrogen (secondary N) is 1. The van der Waals surface area contributed by atoms with Crippen molar-refractivity contribution in [1.82, 2.24) is 9.97 Å². The second kappa shape index (κ2) is 7.90. The Morgan fingerprint density at radius 1 is 1.15 bits per heavy atom. The van der Waals surface area contributed by atoms with Crippen LogP contribution in [-0.2, 0) is 0 Å². The molecule has 0 aliphatic heterocycles. The number of hydrogen-bond donors (Lipinski definition) is 2. The average Bonchev–Trinajstić information content (AvgIpc) is 3.09. The maximum Gasteiger partial charge on any atom is 0.184 e. The minimum Gasteiger partial charge on any atom is -0.457 e. The van der Waals surface area contributed by atoms with Gasteiger partial charge in [0, 0.05) is 17.6 Å². The third kappa shape index (κ3) is 3.86. The van der Waals surface area contributed by atoms with Crippen LogP contribution in [-0.4, -0.2) is 27.7 Å². The Morgan fingerprint density at radius 3 is 2.89 bits per heavy atom. The van der Waals surface area contributed by atoms with Gasteiger partial charge in [-0.1, -0.05) is 36.8 Å². The summed E-state index contributed by atoms with van der Waals surface area (Å²) in [6, 6.07) is 15.7. The summed E-state index contributed by atoms with van der Waals surface area (Å²) in [7, 11) is 0. The van der Waals surface area contributed by atoms with E-state index in [0.717, 1.165) is 50.6 Å². The van der Waals surface area contributed by atoms with Crippen molar-refractivity contribution in [2.24, 2.45) is 0 Å². The van der Waals surface area contributed by atoms with E-state index in [1.807, 2.05) is 48.5 Å². The zero-order chi connectivity index (χ0) is 18.6. The standard InChI is InChI=1S/C21H21N3O2S/c1-2-5-14(13-25)23-21-24-18-9-8-15(12-20(18)27-21)26-19-10-11-22-17-7-4-3-6-16(17)19/h3-4,6-12,14,25H,2,5,13H2,1H3,(H,23,24). The van der Waals surface area contributed by atoms with Gasteiger partial charge in [0.2, 0.25) is 0 Å². The van der Waals surface area contributed by atoms with Crippen LogP contribution in [0.25, 0.3) is 21.1 Å². The fourth-order valence-electron chi connectivity index (χ4n) is 3.05. The van der Waals surface area contributed by atoms with Crippen LogP contribution in [0.1, 0.15) is 19.8 Å². The minimum atomic E-state index is 0.0365. The largest absolute Gasteiger partial charge is 0.457 e. The number of ether oxygens (including phenoxy) is 1. The number of hydrogen-bond acceptors (Lipinski definition) is 6. The topological polar surface area (TPSA) is 67.3 Å². The highest BCUT2D eigenvalue weighted by atomic mass is 32.1. The Labute approximate surface area is 161 Å². The van der Waals surface area contributed by atoms with Crippen LogP contribution in [0.4, 0.5) is 5.13 Å². The number of aliphatic hydroxyl groups is 1. The molecule has 2 heterocycles. The summed E-state index contributed by atoms with van der Waals surface area (Å²) in [5.74, 6) is 1.55. The Hall–Kier alpha value is -2.70. The van der Waals surface area contributed by atoms with E-state index < -0.39 is 0 Å². The van der Waals surface area contributed by atoms with Crippen molar-refractivity contribution in [1.29, 1.82) is 0 Å². The van der Waals surface area contributed by atoms with Crippen molar-refractivity contribution in [2.75, 3.05) is 11.9 Å². The van der Waals surface area contributed by atoms with Gasteiger partial charge >= 0.3 is 0 Å². The Morgan fingerprint density at radius 2 is 2.04 bits per heavy atom. The molecule has 5 nitrogen and oxygen atoms in total. The van der Waals surface area contributed by atoms with Crippen LogP contribution in [0.2, 0.25) is 0 Å². The van der Waals surface area contributed by atoms with Crippen LogP contribution in [0.3, 0.4) is 0 Å². The third-order valence-electron chi connectivity index (χ3n) is 4.38. The van der Waals surface area contributed by atoms with E-state index in [-0.39, 0.29) is 12.6 Å². The summed E-state index contributed by atoms with van der Waals surface area (Å²) < 4.78 is 7.17. The van der Waals surface area contributed by atoms with Crippen molar-refractivity contribution in [3.8, 4) is 11.5 Å². The molecule has 2 aromatic carbocycles. The molecule has 0 spiro atoms. The summed E-state index contributed by atoms with van der Waals surface area (Å²) in [5, 5.41) is 14.6. The van der Waals surface area contributed by atoms with E-state index in [2.05, 4.69) is 22.2 Å². The van der Waals surface area contributed by atoms with Crippen molar-refractivity contribution in [2.45, 2.75) is 25.8 Å². The van der Waals surface area contributed by atoms with Crippen molar-refractivity contribution in [3.63, 3.8) is 0 Å². The molecule has 0 amide bonds. The molecular weight excluding hydrogens is 358 g/mol. The van der Waals surface area contributed by atoms with Gasteiger partial charge in [-0.15, -0.1) is 0 Å². The van der Waals surface area contributed by atoms with Gasteiger partial charge in [0.15, 0.2) is 5.13 Å². The quantitative estimate of drug-likeness (QED) is 0.461. The number of benzene rings is 2. The molecule has 0 aliphatic carbocycles. The first-order chi connectivity index (χ1) is 13.3. The van der Waals surface area contributed by atoms with Crippen LogP contribution < -0.4 is 10.1 Å². The van der Waals surface area contributed by atoms with Gasteiger partial charge in [0.05, 0.1) is 28.4 Å². The fraction of sp³-hybridized carbons (Fsp3) is 0.238. The number of nitrogens with zero attached hydrogens (tertiary/aromatic N) is 2. The number of pyridine rings is 1. The second-order valence-electron chi connectivity index (χ2n) is 6.39. The van der Waals surface area contributed by atoms with E-state index in [1.165, 1.54) is 0 Å². The van der Waals surface area contributed by atoms with Crippen LogP contribution >= 0.6 is 11.3 Å². The molecule has 0 bridgehead atoms. The number of aliphatic hydroxyl groups excluding tert-OH is 1. The molecule has 0 fully saturated rings. The lowest BCUT2D eigenvalue weighted by atomic mass is 10.2. The maximum atomic E-state index is 9.48. The lowest BCUT2D eigenvalue weighted by molar-refractivity contribution is 0.268. The molecule has 0 radical (unpaired) electrons. The maximum absolute atomic E-state index is 9.48.